The van der Waals surface area contributed by atoms with E-state index in [1.807, 2.05) is 0 Å². The fourth-order valence-corrected chi connectivity index (χ4v) is 0.704. The van der Waals surface area contributed by atoms with Gasteiger partial charge in [-0.3, -0.25) is 4.79 Å². The summed E-state index contributed by atoms with van der Waals surface area (Å²) in [6, 6.07) is 2.91. The molecule has 0 spiro atoms. The second-order valence-corrected chi connectivity index (χ2v) is 1.82. The van der Waals surface area contributed by atoms with E-state index in [1.165, 1.54) is 6.07 Å². The SMILES string of the molecule is O=c1ccc2nonc2[nH]1. The van der Waals surface area contributed by atoms with E-state index >= 15 is 0 Å². The number of aromatic amines is 1. The minimum atomic E-state index is -0.205. The fourth-order valence-electron chi connectivity index (χ4n) is 0.704. The Kier molecular flexibility index (Phi) is 0.858. The molecule has 0 aliphatic carbocycles. The van der Waals surface area contributed by atoms with Crippen LogP contribution in [-0.2, 0) is 0 Å². The second kappa shape index (κ2) is 1.66. The van der Waals surface area contributed by atoms with Crippen molar-refractivity contribution in [3.63, 3.8) is 0 Å². The number of pyridine rings is 1. The highest BCUT2D eigenvalue weighted by Crippen LogP contribution is 1.99. The summed E-state index contributed by atoms with van der Waals surface area (Å²) in [6.07, 6.45) is 0. The highest BCUT2D eigenvalue weighted by molar-refractivity contribution is 5.67. The molecule has 0 aliphatic heterocycles. The molecule has 5 heteroatoms. The molecule has 2 heterocycles. The third-order valence-corrected chi connectivity index (χ3v) is 1.15. The van der Waals surface area contributed by atoms with Gasteiger partial charge in [-0.2, -0.15) is 0 Å². The van der Waals surface area contributed by atoms with Crippen molar-refractivity contribution < 1.29 is 4.63 Å². The van der Waals surface area contributed by atoms with Crippen LogP contribution in [0.15, 0.2) is 21.6 Å². The van der Waals surface area contributed by atoms with Crippen LogP contribution >= 0.6 is 0 Å². The van der Waals surface area contributed by atoms with Gasteiger partial charge in [0.25, 0.3) is 0 Å². The topological polar surface area (TPSA) is 71.8 Å². The Morgan fingerprint density at radius 1 is 1.40 bits per heavy atom. The molecule has 0 atom stereocenters. The summed E-state index contributed by atoms with van der Waals surface area (Å²) in [7, 11) is 0. The molecule has 0 aromatic carbocycles. The van der Waals surface area contributed by atoms with Crippen LogP contribution in [-0.4, -0.2) is 15.3 Å². The number of nitrogens with one attached hydrogen (secondary N) is 1. The van der Waals surface area contributed by atoms with Gasteiger partial charge in [0.2, 0.25) is 11.2 Å². The van der Waals surface area contributed by atoms with Crippen LogP contribution in [0, 0.1) is 0 Å². The molecule has 0 aliphatic rings. The first-order valence-electron chi connectivity index (χ1n) is 2.68. The Balaban J connectivity index is 2.99. The molecule has 2 aromatic heterocycles. The third kappa shape index (κ3) is 0.604. The average Bonchev–Trinajstić information content (AvgIpc) is 2.33. The van der Waals surface area contributed by atoms with Crippen molar-refractivity contribution in [1.82, 2.24) is 15.3 Å². The van der Waals surface area contributed by atoms with Gasteiger partial charge in [0.1, 0.15) is 0 Å². The van der Waals surface area contributed by atoms with Gasteiger partial charge >= 0.3 is 0 Å². The second-order valence-electron chi connectivity index (χ2n) is 1.82. The van der Waals surface area contributed by atoms with Crippen molar-refractivity contribution in [2.75, 3.05) is 0 Å². The quantitative estimate of drug-likeness (QED) is 0.550. The van der Waals surface area contributed by atoms with E-state index in [0.29, 0.717) is 11.2 Å². The zero-order chi connectivity index (χ0) is 6.97. The van der Waals surface area contributed by atoms with E-state index in [1.54, 1.807) is 6.07 Å². The zero-order valence-electron chi connectivity index (χ0n) is 4.87. The molecule has 2 rings (SSSR count). The third-order valence-electron chi connectivity index (χ3n) is 1.15. The first kappa shape index (κ1) is 5.16. The lowest BCUT2D eigenvalue weighted by Gasteiger charge is -1.78. The summed E-state index contributed by atoms with van der Waals surface area (Å²) in [4.78, 5) is 13.1. The first-order chi connectivity index (χ1) is 4.86. The normalized spacial score (nSPS) is 10.4. The molecule has 0 unspecified atom stereocenters. The maximum Gasteiger partial charge on any atom is 0.249 e. The molecule has 0 saturated carbocycles. The van der Waals surface area contributed by atoms with Crippen molar-refractivity contribution in [2.45, 2.75) is 0 Å². The number of rotatable bonds is 0. The average molecular weight is 137 g/mol. The van der Waals surface area contributed by atoms with Crippen LogP contribution in [0.4, 0.5) is 0 Å². The lowest BCUT2D eigenvalue weighted by molar-refractivity contribution is 0.314. The predicted molar refractivity (Wildman–Crippen MR) is 32.4 cm³/mol. The summed E-state index contributed by atoms with van der Waals surface area (Å²) >= 11 is 0. The highest BCUT2D eigenvalue weighted by Gasteiger charge is 1.97. The predicted octanol–water partition coefficient (Wildman–Crippen LogP) is -0.0889. The number of aromatic nitrogens is 3. The van der Waals surface area contributed by atoms with Crippen molar-refractivity contribution in [2.24, 2.45) is 0 Å². The molecule has 0 saturated heterocycles. The number of hydrogen-bond acceptors (Lipinski definition) is 4. The summed E-state index contributed by atoms with van der Waals surface area (Å²) in [5.41, 5.74) is 0.732. The van der Waals surface area contributed by atoms with Gasteiger partial charge in [0, 0.05) is 6.07 Å². The molecule has 50 valence electrons. The van der Waals surface area contributed by atoms with E-state index < -0.39 is 0 Å². The van der Waals surface area contributed by atoms with Crippen LogP contribution < -0.4 is 5.56 Å². The van der Waals surface area contributed by atoms with Crippen LogP contribution in [0.5, 0.6) is 0 Å². The van der Waals surface area contributed by atoms with E-state index in [-0.39, 0.29) is 5.56 Å². The lowest BCUT2D eigenvalue weighted by Crippen LogP contribution is -2.01. The molecular weight excluding hydrogens is 134 g/mol. The van der Waals surface area contributed by atoms with Crippen molar-refractivity contribution in [3.8, 4) is 0 Å². The van der Waals surface area contributed by atoms with Gasteiger partial charge in [-0.05, 0) is 16.4 Å². The van der Waals surface area contributed by atoms with Crippen molar-refractivity contribution >= 4 is 11.2 Å². The van der Waals surface area contributed by atoms with E-state index in [0.717, 1.165) is 0 Å². The molecule has 2 aromatic rings. The molecule has 0 radical (unpaired) electrons. The molecule has 5 nitrogen and oxygen atoms in total. The Labute approximate surface area is 54.6 Å². The van der Waals surface area contributed by atoms with Gasteiger partial charge in [-0.1, -0.05) is 0 Å². The minimum absolute atomic E-state index is 0.205. The van der Waals surface area contributed by atoms with Gasteiger partial charge in [0.15, 0.2) is 5.52 Å². The van der Waals surface area contributed by atoms with E-state index in [2.05, 4.69) is 19.9 Å². The molecule has 1 N–H and O–H groups in total. The van der Waals surface area contributed by atoms with Crippen molar-refractivity contribution in [1.29, 1.82) is 0 Å². The zero-order valence-corrected chi connectivity index (χ0v) is 4.87. The molecule has 0 amide bonds. The fraction of sp³-hybridized carbons (Fsp3) is 0. The monoisotopic (exact) mass is 137 g/mol. The lowest BCUT2D eigenvalue weighted by atomic mass is 10.4. The van der Waals surface area contributed by atoms with Gasteiger partial charge in [-0.25, -0.2) is 4.63 Å². The van der Waals surface area contributed by atoms with Crippen LogP contribution in [0.3, 0.4) is 0 Å². The van der Waals surface area contributed by atoms with Gasteiger partial charge in [0.05, 0.1) is 0 Å². The minimum Gasteiger partial charge on any atom is -0.302 e. The van der Waals surface area contributed by atoms with Crippen LogP contribution in [0.2, 0.25) is 0 Å². The maximum atomic E-state index is 10.6. The molecule has 0 fully saturated rings. The van der Waals surface area contributed by atoms with Crippen LogP contribution in [0.1, 0.15) is 0 Å². The number of hydrogen-bond donors (Lipinski definition) is 1. The van der Waals surface area contributed by atoms with Gasteiger partial charge < -0.3 is 4.98 Å². The highest BCUT2D eigenvalue weighted by atomic mass is 16.6. The standard InChI is InChI=1S/C5H3N3O2/c9-4-2-1-3-5(6-4)8-10-7-3/h1-2H,(H,6,8,9). The number of fused-ring (bicyclic) bond motifs is 1. The Morgan fingerprint density at radius 3 is 3.20 bits per heavy atom. The van der Waals surface area contributed by atoms with Gasteiger partial charge in [-0.15, -0.1) is 0 Å². The Hall–Kier alpha value is -1.65. The summed E-state index contributed by atoms with van der Waals surface area (Å²) < 4.78 is 4.35. The molecule has 10 heavy (non-hydrogen) atoms. The Morgan fingerprint density at radius 2 is 2.30 bits per heavy atom. The summed E-state index contributed by atoms with van der Waals surface area (Å²) in [6.45, 7) is 0. The van der Waals surface area contributed by atoms with Crippen LogP contribution in [0.25, 0.3) is 11.2 Å². The smallest absolute Gasteiger partial charge is 0.249 e. The number of nitrogens with zero attached hydrogens (tertiary/aromatic N) is 2. The van der Waals surface area contributed by atoms with Crippen molar-refractivity contribution in [3.05, 3.63) is 22.5 Å². The maximum absolute atomic E-state index is 10.6. The first-order valence-corrected chi connectivity index (χ1v) is 2.68. The van der Waals surface area contributed by atoms with E-state index in [4.69, 9.17) is 0 Å². The van der Waals surface area contributed by atoms with E-state index in [9.17, 15) is 4.79 Å². The number of H-pyrrole nitrogens is 1. The summed E-state index contributed by atoms with van der Waals surface area (Å²) in [5, 5.41) is 6.94. The molecular formula is C5H3N3O2. The molecule has 0 bridgehead atoms. The summed E-state index contributed by atoms with van der Waals surface area (Å²) in [5.74, 6) is 0. The Bertz CT molecular complexity index is 402. The largest absolute Gasteiger partial charge is 0.302 e.